The SMILES string of the molecule is CCCCCCCCCCCCCCCCCCCCCCC([O-])=NCCCCS(=O)(=O)O.[Na+]. The second kappa shape index (κ2) is 28.0. The number of nitrogens with zero attached hydrogens (tertiary/aromatic N) is 1. The van der Waals surface area contributed by atoms with Crippen LogP contribution in [0, 0.1) is 0 Å². The van der Waals surface area contributed by atoms with Gasteiger partial charge in [0.25, 0.3) is 10.1 Å². The van der Waals surface area contributed by atoms with Crippen molar-refractivity contribution in [1.29, 1.82) is 0 Å². The molecule has 0 saturated heterocycles. The molecule has 0 aromatic heterocycles. The Labute approximate surface area is 234 Å². The third-order valence-electron chi connectivity index (χ3n) is 6.34. The molecule has 0 aliphatic rings. The Morgan fingerprint density at radius 3 is 1.32 bits per heavy atom. The molecule has 0 spiro atoms. The molecule has 0 amide bonds. The van der Waals surface area contributed by atoms with Crippen molar-refractivity contribution in [1.82, 2.24) is 0 Å². The summed E-state index contributed by atoms with van der Waals surface area (Å²) in [6.07, 6.45) is 28.3. The standard InChI is InChI=1S/C27H55NO4S.Na/c1-2-3-4-5-6-7-8-9-10-11-12-13-14-15-16-17-18-19-20-21-24-27(29)28-25-22-23-26-33(30,31)32;/h2-26H2,1H3,(H,28,29)(H,30,31,32);/q;+1/p-1. The molecule has 0 unspecified atom stereocenters. The molecule has 0 fully saturated rings. The molecular formula is C27H54NNaO4S. The topological polar surface area (TPSA) is 89.8 Å². The van der Waals surface area contributed by atoms with Crippen LogP contribution in [-0.4, -0.2) is 31.2 Å². The van der Waals surface area contributed by atoms with E-state index in [-0.39, 0.29) is 41.2 Å². The molecule has 7 heteroatoms. The first-order chi connectivity index (χ1) is 16.0. The second-order valence-corrected chi connectivity index (χ2v) is 11.3. The Bertz CT molecular complexity index is 541. The van der Waals surface area contributed by atoms with Gasteiger partial charge in [-0.2, -0.15) is 8.42 Å². The van der Waals surface area contributed by atoms with Gasteiger partial charge in [-0.25, -0.2) is 0 Å². The van der Waals surface area contributed by atoms with Crippen molar-refractivity contribution in [3.8, 4) is 0 Å². The fourth-order valence-electron chi connectivity index (χ4n) is 4.21. The number of hydrogen-bond acceptors (Lipinski definition) is 4. The number of aliphatic imine (C=N–C) groups is 1. The molecule has 0 aliphatic carbocycles. The van der Waals surface area contributed by atoms with Crippen molar-refractivity contribution < 1.29 is 47.6 Å². The second-order valence-electron chi connectivity index (χ2n) is 9.74. The summed E-state index contributed by atoms with van der Waals surface area (Å²) >= 11 is 0. The van der Waals surface area contributed by atoms with Gasteiger partial charge in [0.05, 0.1) is 5.75 Å². The molecule has 5 nitrogen and oxygen atoms in total. The first-order valence-corrected chi connectivity index (χ1v) is 15.7. The van der Waals surface area contributed by atoms with Gasteiger partial charge >= 0.3 is 29.6 Å². The Hall–Kier alpha value is 0.380. The molecule has 0 atom stereocenters. The quantitative estimate of drug-likeness (QED) is 0.0603. The summed E-state index contributed by atoms with van der Waals surface area (Å²) < 4.78 is 29.8. The van der Waals surface area contributed by atoms with Crippen LogP contribution in [0.15, 0.2) is 4.99 Å². The van der Waals surface area contributed by atoms with Gasteiger partial charge in [0.2, 0.25) is 0 Å². The smallest absolute Gasteiger partial charge is 0.862 e. The molecule has 0 rings (SSSR count). The van der Waals surface area contributed by atoms with Gasteiger partial charge in [-0.15, -0.1) is 0 Å². The van der Waals surface area contributed by atoms with Crippen LogP contribution in [0.5, 0.6) is 0 Å². The van der Waals surface area contributed by atoms with E-state index in [4.69, 9.17) is 4.55 Å². The average Bonchev–Trinajstić information content (AvgIpc) is 2.76. The molecule has 1 N–H and O–H groups in total. The molecular weight excluding hydrogens is 457 g/mol. The third kappa shape index (κ3) is 32.4. The Morgan fingerprint density at radius 2 is 0.971 bits per heavy atom. The minimum absolute atomic E-state index is 0. The van der Waals surface area contributed by atoms with E-state index in [1.807, 2.05) is 0 Å². The summed E-state index contributed by atoms with van der Waals surface area (Å²) in [6.45, 7) is 2.63. The third-order valence-corrected chi connectivity index (χ3v) is 7.15. The normalized spacial score (nSPS) is 12.1. The summed E-state index contributed by atoms with van der Waals surface area (Å²) in [6, 6.07) is 0. The van der Waals surface area contributed by atoms with Gasteiger partial charge in [-0.3, -0.25) is 4.55 Å². The van der Waals surface area contributed by atoms with Crippen molar-refractivity contribution in [2.24, 2.45) is 4.99 Å². The largest absolute Gasteiger partial charge is 1.00 e. The summed E-state index contributed by atoms with van der Waals surface area (Å²) in [5, 5.41) is 11.7. The van der Waals surface area contributed by atoms with E-state index in [1.165, 1.54) is 116 Å². The van der Waals surface area contributed by atoms with E-state index in [0.717, 1.165) is 12.8 Å². The first kappa shape index (κ1) is 36.5. The van der Waals surface area contributed by atoms with E-state index in [1.54, 1.807) is 0 Å². The molecule has 198 valence electrons. The van der Waals surface area contributed by atoms with Crippen molar-refractivity contribution in [3.05, 3.63) is 0 Å². The maximum Gasteiger partial charge on any atom is 1.00 e. The molecule has 0 aliphatic heterocycles. The Kier molecular flexibility index (Phi) is 30.0. The molecule has 34 heavy (non-hydrogen) atoms. The zero-order valence-corrected chi connectivity index (χ0v) is 25.5. The van der Waals surface area contributed by atoms with Crippen LogP contribution in [-0.2, 0) is 10.1 Å². The molecule has 0 radical (unpaired) electrons. The summed E-state index contributed by atoms with van der Waals surface area (Å²) in [5.74, 6) is -0.333. The van der Waals surface area contributed by atoms with Crippen LogP contribution in [0.25, 0.3) is 0 Å². The van der Waals surface area contributed by atoms with E-state index in [0.29, 0.717) is 25.8 Å². The van der Waals surface area contributed by atoms with Crippen LogP contribution in [0.1, 0.15) is 155 Å². The monoisotopic (exact) mass is 511 g/mol. The van der Waals surface area contributed by atoms with Gasteiger partial charge in [-0.05, 0) is 31.6 Å². The zero-order chi connectivity index (χ0) is 24.5. The number of hydrogen-bond donors (Lipinski definition) is 1. The van der Waals surface area contributed by atoms with Crippen molar-refractivity contribution in [2.45, 2.75) is 155 Å². The van der Waals surface area contributed by atoms with Crippen LogP contribution < -0.4 is 34.7 Å². The van der Waals surface area contributed by atoms with E-state index < -0.39 is 10.1 Å². The summed E-state index contributed by atoms with van der Waals surface area (Å²) in [7, 11) is -3.89. The van der Waals surface area contributed by atoms with Crippen molar-refractivity contribution in [2.75, 3.05) is 12.3 Å². The first-order valence-electron chi connectivity index (χ1n) is 14.1. The summed E-state index contributed by atoms with van der Waals surface area (Å²) in [5.41, 5.74) is 0. The Balaban J connectivity index is 0. The fourth-order valence-corrected chi connectivity index (χ4v) is 4.78. The number of rotatable bonds is 26. The zero-order valence-electron chi connectivity index (χ0n) is 22.7. The van der Waals surface area contributed by atoms with Crippen LogP contribution >= 0.6 is 0 Å². The van der Waals surface area contributed by atoms with Gasteiger partial charge in [0.1, 0.15) is 0 Å². The van der Waals surface area contributed by atoms with Gasteiger partial charge in [-0.1, -0.05) is 129 Å². The number of unbranched alkanes of at least 4 members (excludes halogenated alkanes) is 20. The maximum atomic E-state index is 11.7. The van der Waals surface area contributed by atoms with E-state index in [9.17, 15) is 13.5 Å². The molecule has 0 aromatic carbocycles. The van der Waals surface area contributed by atoms with Crippen molar-refractivity contribution in [3.63, 3.8) is 0 Å². The minimum Gasteiger partial charge on any atom is -0.862 e. The predicted molar refractivity (Wildman–Crippen MR) is 141 cm³/mol. The maximum absolute atomic E-state index is 11.7. The van der Waals surface area contributed by atoms with Crippen molar-refractivity contribution >= 4 is 16.0 Å². The van der Waals surface area contributed by atoms with Gasteiger partial charge < -0.3 is 10.1 Å². The molecule has 0 heterocycles. The van der Waals surface area contributed by atoms with Crippen LogP contribution in [0.4, 0.5) is 0 Å². The van der Waals surface area contributed by atoms with E-state index >= 15 is 0 Å². The van der Waals surface area contributed by atoms with Crippen LogP contribution in [0.3, 0.4) is 0 Å². The average molecular weight is 512 g/mol. The molecule has 0 aromatic rings. The minimum atomic E-state index is -3.89. The summed E-state index contributed by atoms with van der Waals surface area (Å²) in [4.78, 5) is 3.95. The van der Waals surface area contributed by atoms with Gasteiger partial charge in [0, 0.05) is 6.54 Å². The van der Waals surface area contributed by atoms with Crippen LogP contribution in [0.2, 0.25) is 0 Å². The van der Waals surface area contributed by atoms with Gasteiger partial charge in [0.15, 0.2) is 0 Å². The fraction of sp³-hybridized carbons (Fsp3) is 0.963. The molecule has 0 bridgehead atoms. The Morgan fingerprint density at radius 1 is 0.618 bits per heavy atom. The predicted octanol–water partition coefficient (Wildman–Crippen LogP) is 4.63. The molecule has 0 saturated carbocycles. The van der Waals surface area contributed by atoms with E-state index in [2.05, 4.69) is 11.9 Å².